The smallest absolute Gasteiger partial charge is 0.273 e. The fourth-order valence-electron chi connectivity index (χ4n) is 1.40. The molecule has 0 spiro atoms. The number of rotatable bonds is 5. The van der Waals surface area contributed by atoms with Crippen LogP contribution in [-0.4, -0.2) is 31.1 Å². The number of amides is 1. The largest absolute Gasteiger partial charge is 0.350 e. The van der Waals surface area contributed by atoms with Crippen molar-refractivity contribution < 1.29 is 13.2 Å². The summed E-state index contributed by atoms with van der Waals surface area (Å²) in [5, 5.41) is 8.84. The van der Waals surface area contributed by atoms with Gasteiger partial charge in [0.2, 0.25) is 0 Å². The van der Waals surface area contributed by atoms with Crippen LogP contribution in [0.4, 0.5) is 0 Å². The lowest BCUT2D eigenvalue weighted by atomic mass is 9.90. The zero-order chi connectivity index (χ0) is 14.8. The predicted octanol–water partition coefficient (Wildman–Crippen LogP) is 1.81. The molecule has 1 rings (SSSR count). The molecule has 0 bridgehead atoms. The molecule has 0 saturated heterocycles. The van der Waals surface area contributed by atoms with Crippen LogP contribution in [0, 0.1) is 12.3 Å². The van der Waals surface area contributed by atoms with E-state index < -0.39 is 15.0 Å². The lowest BCUT2D eigenvalue weighted by Crippen LogP contribution is -2.34. The maximum Gasteiger partial charge on any atom is 0.273 e. The maximum atomic E-state index is 12.0. The fraction of sp³-hybridized carbons (Fsp3) is 0.636. The number of nitrogens with one attached hydrogen (secondary N) is 2. The molecule has 108 valence electrons. The van der Waals surface area contributed by atoms with Crippen molar-refractivity contribution in [2.45, 2.75) is 39.0 Å². The summed E-state index contributed by atoms with van der Waals surface area (Å²) in [7, 11) is 1.30. The van der Waals surface area contributed by atoms with Gasteiger partial charge in [-0.15, -0.1) is 0 Å². The molecule has 0 aliphatic carbocycles. The van der Waals surface area contributed by atoms with Crippen molar-refractivity contribution in [1.29, 1.82) is 0 Å². The molecule has 1 aromatic rings. The van der Waals surface area contributed by atoms with E-state index in [0.29, 0.717) is 6.54 Å². The molecular formula is C11H18ClN3O3S. The molecule has 0 atom stereocenters. The van der Waals surface area contributed by atoms with Crippen LogP contribution in [0.25, 0.3) is 0 Å². The second-order valence-electron chi connectivity index (χ2n) is 5.16. The van der Waals surface area contributed by atoms with E-state index in [4.69, 9.17) is 10.7 Å². The van der Waals surface area contributed by atoms with E-state index in [0.717, 1.165) is 6.42 Å². The van der Waals surface area contributed by atoms with Crippen LogP contribution >= 0.6 is 10.7 Å². The van der Waals surface area contributed by atoms with Crippen LogP contribution in [0.3, 0.4) is 0 Å². The van der Waals surface area contributed by atoms with Crippen LogP contribution < -0.4 is 5.32 Å². The fourth-order valence-corrected chi connectivity index (χ4v) is 2.75. The Morgan fingerprint density at radius 1 is 1.47 bits per heavy atom. The molecule has 1 heterocycles. The van der Waals surface area contributed by atoms with E-state index in [1.54, 1.807) is 0 Å². The number of nitrogens with zero attached hydrogens (tertiary/aromatic N) is 1. The highest BCUT2D eigenvalue weighted by atomic mass is 35.7. The number of H-pyrrole nitrogens is 1. The highest BCUT2D eigenvalue weighted by Crippen LogP contribution is 2.22. The first-order valence-corrected chi connectivity index (χ1v) is 8.17. The van der Waals surface area contributed by atoms with Crippen molar-refractivity contribution >= 4 is 25.6 Å². The van der Waals surface area contributed by atoms with E-state index in [1.165, 1.54) is 6.92 Å². The van der Waals surface area contributed by atoms with Gasteiger partial charge in [-0.05, 0) is 18.8 Å². The van der Waals surface area contributed by atoms with Crippen molar-refractivity contribution in [1.82, 2.24) is 15.5 Å². The Bertz CT molecular complexity index is 578. The molecule has 0 saturated carbocycles. The number of carbonyl (C=O) groups excluding carboxylic acids is 1. The highest BCUT2D eigenvalue weighted by molar-refractivity contribution is 8.13. The third-order valence-corrected chi connectivity index (χ3v) is 4.48. The zero-order valence-corrected chi connectivity index (χ0v) is 12.9. The van der Waals surface area contributed by atoms with Crippen molar-refractivity contribution in [2.75, 3.05) is 6.54 Å². The number of aromatic amines is 1. The van der Waals surface area contributed by atoms with Crippen molar-refractivity contribution in [3.8, 4) is 0 Å². The van der Waals surface area contributed by atoms with Crippen molar-refractivity contribution in [3.05, 3.63) is 11.4 Å². The predicted molar refractivity (Wildman–Crippen MR) is 72.8 cm³/mol. The van der Waals surface area contributed by atoms with Crippen molar-refractivity contribution in [2.24, 2.45) is 5.41 Å². The summed E-state index contributed by atoms with van der Waals surface area (Å²) in [4.78, 5) is 11.7. The Balaban J connectivity index is 2.97. The van der Waals surface area contributed by atoms with Gasteiger partial charge in [0.05, 0.1) is 5.69 Å². The summed E-state index contributed by atoms with van der Waals surface area (Å²) in [5.41, 5.74) is -0.0182. The van der Waals surface area contributed by atoms with E-state index in [9.17, 15) is 13.2 Å². The van der Waals surface area contributed by atoms with Gasteiger partial charge in [0, 0.05) is 17.2 Å². The van der Waals surface area contributed by atoms with Gasteiger partial charge in [0.1, 0.15) is 4.90 Å². The molecular weight excluding hydrogens is 290 g/mol. The second kappa shape index (κ2) is 5.50. The molecule has 1 amide bonds. The number of hydrogen-bond acceptors (Lipinski definition) is 4. The van der Waals surface area contributed by atoms with Crippen LogP contribution in [0.2, 0.25) is 0 Å². The Morgan fingerprint density at radius 3 is 2.53 bits per heavy atom. The van der Waals surface area contributed by atoms with Gasteiger partial charge in [-0.3, -0.25) is 9.89 Å². The van der Waals surface area contributed by atoms with E-state index in [1.807, 2.05) is 20.8 Å². The molecule has 0 fully saturated rings. The van der Waals surface area contributed by atoms with E-state index >= 15 is 0 Å². The molecule has 0 aliphatic rings. The van der Waals surface area contributed by atoms with Gasteiger partial charge < -0.3 is 5.32 Å². The summed E-state index contributed by atoms with van der Waals surface area (Å²) in [6.45, 7) is 7.94. The minimum absolute atomic E-state index is 0.0684. The maximum absolute atomic E-state index is 12.0. The molecule has 8 heteroatoms. The first-order chi connectivity index (χ1) is 8.58. The Hall–Kier alpha value is -1.08. The summed E-state index contributed by atoms with van der Waals surface area (Å²) in [6.07, 6.45) is 0.882. The van der Waals surface area contributed by atoms with E-state index in [2.05, 4.69) is 15.5 Å². The average Bonchev–Trinajstić information content (AvgIpc) is 2.68. The Morgan fingerprint density at radius 2 is 2.05 bits per heavy atom. The van der Waals surface area contributed by atoms with E-state index in [-0.39, 0.29) is 21.7 Å². The molecule has 19 heavy (non-hydrogen) atoms. The van der Waals surface area contributed by atoms with Gasteiger partial charge in [0.25, 0.3) is 15.0 Å². The molecule has 0 aromatic carbocycles. The first-order valence-electron chi connectivity index (χ1n) is 5.86. The number of aryl methyl sites for hydroxylation is 1. The standard InChI is InChI=1S/C11H18ClN3O3S/c1-5-11(3,4)6-13-10(16)8-9(19(12,17)18)7(2)14-15-8/h5-6H2,1-4H3,(H,13,16)(H,14,15). The monoisotopic (exact) mass is 307 g/mol. The van der Waals surface area contributed by atoms with Crippen molar-refractivity contribution in [3.63, 3.8) is 0 Å². The summed E-state index contributed by atoms with van der Waals surface area (Å²) in [5.74, 6) is -0.551. The Labute approximate surface area is 117 Å². The molecule has 0 radical (unpaired) electrons. The molecule has 2 N–H and O–H groups in total. The lowest BCUT2D eigenvalue weighted by molar-refractivity contribution is 0.0927. The number of aromatic nitrogens is 2. The number of hydrogen-bond donors (Lipinski definition) is 2. The van der Waals surface area contributed by atoms with Gasteiger partial charge >= 0.3 is 0 Å². The van der Waals surface area contributed by atoms with Crippen LogP contribution in [-0.2, 0) is 9.05 Å². The average molecular weight is 308 g/mol. The minimum Gasteiger partial charge on any atom is -0.350 e. The first kappa shape index (κ1) is 16.0. The number of carbonyl (C=O) groups is 1. The van der Waals surface area contributed by atoms with Gasteiger partial charge in [0.15, 0.2) is 5.69 Å². The van der Waals surface area contributed by atoms with Crippen LogP contribution in [0.5, 0.6) is 0 Å². The second-order valence-corrected chi connectivity index (χ2v) is 7.67. The molecule has 0 unspecified atom stereocenters. The van der Waals surface area contributed by atoms with Gasteiger partial charge in [-0.25, -0.2) is 8.42 Å². The third kappa shape index (κ3) is 3.94. The molecule has 6 nitrogen and oxygen atoms in total. The van der Waals surface area contributed by atoms with Crippen LogP contribution in [0.15, 0.2) is 4.90 Å². The normalized spacial score (nSPS) is 12.5. The van der Waals surface area contributed by atoms with Gasteiger partial charge in [-0.1, -0.05) is 20.8 Å². The topological polar surface area (TPSA) is 91.9 Å². The molecule has 0 aliphatic heterocycles. The van der Waals surface area contributed by atoms with Gasteiger partial charge in [-0.2, -0.15) is 5.10 Å². The lowest BCUT2D eigenvalue weighted by Gasteiger charge is -2.22. The van der Waals surface area contributed by atoms with Crippen LogP contribution in [0.1, 0.15) is 43.4 Å². The summed E-state index contributed by atoms with van der Waals surface area (Å²) in [6, 6.07) is 0. The summed E-state index contributed by atoms with van der Waals surface area (Å²) >= 11 is 0. The SMILES string of the molecule is CCC(C)(C)CNC(=O)c1n[nH]c(C)c1S(=O)(=O)Cl. The quantitative estimate of drug-likeness (QED) is 0.811. The zero-order valence-electron chi connectivity index (χ0n) is 11.4. The Kier molecular flexibility index (Phi) is 4.63. The summed E-state index contributed by atoms with van der Waals surface area (Å²) < 4.78 is 22.8. The third-order valence-electron chi connectivity index (χ3n) is 3.03. The minimum atomic E-state index is -4.01. The number of halogens is 1. The highest BCUT2D eigenvalue weighted by Gasteiger charge is 2.27. The molecule has 1 aromatic heterocycles.